The summed E-state index contributed by atoms with van der Waals surface area (Å²) in [5, 5.41) is 16.0. The van der Waals surface area contributed by atoms with Crippen LogP contribution < -0.4 is 10.6 Å². The summed E-state index contributed by atoms with van der Waals surface area (Å²) in [6.07, 6.45) is 0.398. The van der Waals surface area contributed by atoms with Crippen molar-refractivity contribution >= 4 is 23.2 Å². The van der Waals surface area contributed by atoms with Crippen LogP contribution in [0.2, 0.25) is 0 Å². The van der Waals surface area contributed by atoms with Gasteiger partial charge in [-0.3, -0.25) is 9.59 Å². The van der Waals surface area contributed by atoms with E-state index in [4.69, 9.17) is 5.11 Å². The van der Waals surface area contributed by atoms with Gasteiger partial charge in [-0.15, -0.1) is 11.3 Å². The highest BCUT2D eigenvalue weighted by Crippen LogP contribution is 2.10. The largest absolute Gasteiger partial charge is 0.395 e. The van der Waals surface area contributed by atoms with Crippen molar-refractivity contribution in [3.05, 3.63) is 58.3 Å². The van der Waals surface area contributed by atoms with E-state index in [9.17, 15) is 9.59 Å². The molecule has 0 radical (unpaired) electrons. The van der Waals surface area contributed by atoms with Gasteiger partial charge in [-0.1, -0.05) is 36.4 Å². The molecule has 2 aromatic rings. The molecule has 1 aromatic carbocycles. The molecule has 3 N–H and O–H groups in total. The summed E-state index contributed by atoms with van der Waals surface area (Å²) in [5.74, 6) is -0.571. The van der Waals surface area contributed by atoms with E-state index in [0.717, 1.165) is 5.56 Å². The summed E-state index contributed by atoms with van der Waals surface area (Å²) in [6.45, 7) is 0.0294. The Morgan fingerprint density at radius 2 is 1.91 bits per heavy atom. The molecule has 0 aliphatic carbocycles. The van der Waals surface area contributed by atoms with Crippen molar-refractivity contribution in [2.45, 2.75) is 12.5 Å². The van der Waals surface area contributed by atoms with Crippen molar-refractivity contribution in [1.29, 1.82) is 0 Å². The van der Waals surface area contributed by atoms with Crippen molar-refractivity contribution in [2.75, 3.05) is 13.2 Å². The maximum absolute atomic E-state index is 12.2. The van der Waals surface area contributed by atoms with Gasteiger partial charge in [-0.25, -0.2) is 0 Å². The lowest BCUT2D eigenvalue weighted by Crippen LogP contribution is -2.48. The summed E-state index contributed by atoms with van der Waals surface area (Å²) in [4.78, 5) is 24.9. The van der Waals surface area contributed by atoms with Crippen molar-refractivity contribution in [3.63, 3.8) is 0 Å². The Kier molecular flexibility index (Phi) is 6.12. The van der Waals surface area contributed by atoms with E-state index < -0.39 is 6.04 Å². The van der Waals surface area contributed by atoms with E-state index in [2.05, 4.69) is 10.6 Å². The second-order valence-corrected chi connectivity index (χ2v) is 5.66. The third kappa shape index (κ3) is 4.68. The molecule has 2 rings (SSSR count). The monoisotopic (exact) mass is 318 g/mol. The molecule has 1 unspecified atom stereocenters. The van der Waals surface area contributed by atoms with E-state index in [0.29, 0.717) is 11.3 Å². The highest BCUT2D eigenvalue weighted by molar-refractivity contribution is 7.12. The Morgan fingerprint density at radius 1 is 1.14 bits per heavy atom. The van der Waals surface area contributed by atoms with Crippen LogP contribution in [0.25, 0.3) is 0 Å². The van der Waals surface area contributed by atoms with Gasteiger partial charge in [0.2, 0.25) is 5.91 Å². The summed E-state index contributed by atoms with van der Waals surface area (Å²) >= 11 is 1.33. The summed E-state index contributed by atoms with van der Waals surface area (Å²) < 4.78 is 0. The first-order valence-electron chi connectivity index (χ1n) is 6.97. The van der Waals surface area contributed by atoms with Gasteiger partial charge in [0.25, 0.3) is 5.91 Å². The maximum Gasteiger partial charge on any atom is 0.262 e. The van der Waals surface area contributed by atoms with Crippen LogP contribution in [0.3, 0.4) is 0 Å². The first kappa shape index (κ1) is 16.2. The normalized spacial score (nSPS) is 11.7. The van der Waals surface area contributed by atoms with Gasteiger partial charge in [0, 0.05) is 13.0 Å². The first-order chi connectivity index (χ1) is 10.7. The summed E-state index contributed by atoms with van der Waals surface area (Å²) in [5.41, 5.74) is 0.957. The van der Waals surface area contributed by atoms with E-state index in [1.165, 1.54) is 11.3 Å². The van der Waals surface area contributed by atoms with Crippen LogP contribution in [0.5, 0.6) is 0 Å². The lowest BCUT2D eigenvalue weighted by molar-refractivity contribution is -0.123. The fraction of sp³-hybridized carbons (Fsp3) is 0.250. The smallest absolute Gasteiger partial charge is 0.262 e. The number of hydrogen-bond donors (Lipinski definition) is 3. The van der Waals surface area contributed by atoms with Gasteiger partial charge in [-0.2, -0.15) is 0 Å². The molecular formula is C16H18N2O3S. The van der Waals surface area contributed by atoms with E-state index in [1.807, 2.05) is 35.7 Å². The number of hydrogen-bond acceptors (Lipinski definition) is 4. The van der Waals surface area contributed by atoms with Crippen LogP contribution >= 0.6 is 11.3 Å². The molecule has 0 saturated carbocycles. The number of thiophene rings is 1. The van der Waals surface area contributed by atoms with Crippen LogP contribution in [-0.4, -0.2) is 36.1 Å². The van der Waals surface area contributed by atoms with Gasteiger partial charge < -0.3 is 15.7 Å². The minimum atomic E-state index is -0.677. The van der Waals surface area contributed by atoms with Crippen LogP contribution in [0, 0.1) is 0 Å². The van der Waals surface area contributed by atoms with Gasteiger partial charge in [0.1, 0.15) is 6.04 Å². The highest BCUT2D eigenvalue weighted by atomic mass is 32.1. The van der Waals surface area contributed by atoms with Crippen molar-refractivity contribution < 1.29 is 14.7 Å². The molecule has 1 atom stereocenters. The molecule has 22 heavy (non-hydrogen) atoms. The van der Waals surface area contributed by atoms with Crippen LogP contribution in [-0.2, 0) is 11.2 Å². The fourth-order valence-corrected chi connectivity index (χ4v) is 2.63. The van der Waals surface area contributed by atoms with Gasteiger partial charge in [0.15, 0.2) is 0 Å². The second-order valence-electron chi connectivity index (χ2n) is 4.71. The minimum absolute atomic E-state index is 0.136. The number of rotatable bonds is 7. The number of carbonyl (C=O) groups excluding carboxylic acids is 2. The maximum atomic E-state index is 12.2. The molecule has 5 nitrogen and oxygen atoms in total. The molecule has 0 bridgehead atoms. The van der Waals surface area contributed by atoms with Crippen molar-refractivity contribution in [2.24, 2.45) is 0 Å². The van der Waals surface area contributed by atoms with E-state index >= 15 is 0 Å². The zero-order valence-corrected chi connectivity index (χ0v) is 12.8. The third-order valence-electron chi connectivity index (χ3n) is 3.06. The van der Waals surface area contributed by atoms with Crippen LogP contribution in [0.15, 0.2) is 47.8 Å². The molecule has 0 fully saturated rings. The number of amides is 2. The summed E-state index contributed by atoms with van der Waals surface area (Å²) in [7, 11) is 0. The quantitative estimate of drug-likeness (QED) is 0.718. The Morgan fingerprint density at radius 3 is 2.55 bits per heavy atom. The fourth-order valence-electron chi connectivity index (χ4n) is 2.00. The SMILES string of the molecule is O=C(NC(Cc1ccccc1)C(=O)NCCO)c1cccs1. The Labute approximate surface area is 133 Å². The molecule has 0 aliphatic heterocycles. The Bertz CT molecular complexity index is 599. The van der Waals surface area contributed by atoms with E-state index in [1.54, 1.807) is 12.1 Å². The first-order valence-corrected chi connectivity index (χ1v) is 7.85. The predicted octanol–water partition coefficient (Wildman–Crippen LogP) is 1.20. The molecule has 6 heteroatoms. The van der Waals surface area contributed by atoms with Gasteiger partial charge in [0.05, 0.1) is 11.5 Å². The molecule has 0 saturated heterocycles. The third-order valence-corrected chi connectivity index (χ3v) is 3.93. The zero-order chi connectivity index (χ0) is 15.8. The van der Waals surface area contributed by atoms with Gasteiger partial charge >= 0.3 is 0 Å². The Hall–Kier alpha value is -2.18. The van der Waals surface area contributed by atoms with E-state index in [-0.39, 0.29) is 25.0 Å². The van der Waals surface area contributed by atoms with Gasteiger partial charge in [-0.05, 0) is 17.0 Å². The van der Waals surface area contributed by atoms with Crippen molar-refractivity contribution in [3.8, 4) is 0 Å². The number of carbonyl (C=O) groups is 2. The molecule has 2 amide bonds. The molecule has 1 heterocycles. The second kappa shape index (κ2) is 8.31. The zero-order valence-electron chi connectivity index (χ0n) is 12.0. The average molecular weight is 318 g/mol. The number of aliphatic hydroxyl groups excluding tert-OH is 1. The molecular weight excluding hydrogens is 300 g/mol. The molecule has 116 valence electrons. The minimum Gasteiger partial charge on any atom is -0.395 e. The number of benzene rings is 1. The lowest BCUT2D eigenvalue weighted by Gasteiger charge is -2.18. The molecule has 0 spiro atoms. The average Bonchev–Trinajstić information content (AvgIpc) is 3.07. The standard InChI is InChI=1S/C16H18N2O3S/c19-9-8-17-15(20)13(11-12-5-2-1-3-6-12)18-16(21)14-7-4-10-22-14/h1-7,10,13,19H,8-9,11H2,(H,17,20)(H,18,21). The number of nitrogens with one attached hydrogen (secondary N) is 2. The van der Waals surface area contributed by atoms with Crippen molar-refractivity contribution in [1.82, 2.24) is 10.6 Å². The lowest BCUT2D eigenvalue weighted by atomic mass is 10.1. The topological polar surface area (TPSA) is 78.4 Å². The summed E-state index contributed by atoms with van der Waals surface area (Å²) in [6, 6.07) is 12.3. The highest BCUT2D eigenvalue weighted by Gasteiger charge is 2.21. The van der Waals surface area contributed by atoms with Crippen LogP contribution in [0.4, 0.5) is 0 Å². The molecule has 1 aromatic heterocycles. The Balaban J connectivity index is 2.07. The number of aliphatic hydroxyl groups is 1. The predicted molar refractivity (Wildman–Crippen MR) is 85.8 cm³/mol. The van der Waals surface area contributed by atoms with Crippen LogP contribution in [0.1, 0.15) is 15.2 Å². The molecule has 0 aliphatic rings.